The van der Waals surface area contributed by atoms with Gasteiger partial charge >= 0.3 is 0 Å². The number of amides is 1. The third-order valence-electron chi connectivity index (χ3n) is 3.44. The molecule has 0 unspecified atom stereocenters. The van der Waals surface area contributed by atoms with Gasteiger partial charge in [-0.3, -0.25) is 4.79 Å². The molecule has 0 aliphatic heterocycles. The number of rotatable bonds is 8. The van der Waals surface area contributed by atoms with E-state index in [0.29, 0.717) is 11.3 Å². The van der Waals surface area contributed by atoms with Crippen molar-refractivity contribution in [3.8, 4) is 0 Å². The lowest BCUT2D eigenvalue weighted by Crippen LogP contribution is -2.29. The van der Waals surface area contributed by atoms with Crippen LogP contribution in [0.5, 0.6) is 0 Å². The predicted octanol–water partition coefficient (Wildman–Crippen LogP) is 2.11. The van der Waals surface area contributed by atoms with Crippen LogP contribution in [-0.2, 0) is 0 Å². The first-order valence-corrected chi connectivity index (χ1v) is 7.57. The fourth-order valence-corrected chi connectivity index (χ4v) is 2.19. The van der Waals surface area contributed by atoms with Crippen LogP contribution in [-0.4, -0.2) is 56.0 Å². The number of hydrogen-bond acceptors (Lipinski definition) is 4. The summed E-state index contributed by atoms with van der Waals surface area (Å²) in [7, 11) is 3.49. The minimum Gasteiger partial charge on any atom is -0.397 e. The van der Waals surface area contributed by atoms with Crippen LogP contribution in [0.25, 0.3) is 0 Å². The zero-order valence-electron chi connectivity index (χ0n) is 13.6. The molecular weight excluding hydrogens is 264 g/mol. The minimum atomic E-state index is -0.0146. The van der Waals surface area contributed by atoms with Crippen LogP contribution < -0.4 is 11.1 Å². The monoisotopic (exact) mass is 292 g/mol. The van der Waals surface area contributed by atoms with Crippen LogP contribution in [0.2, 0.25) is 0 Å². The number of nitrogens with zero attached hydrogens (tertiary/aromatic N) is 2. The number of nitrogens with one attached hydrogen (secondary N) is 1. The van der Waals surface area contributed by atoms with Crippen LogP contribution in [0.3, 0.4) is 0 Å². The fraction of sp³-hybridized carbons (Fsp3) is 0.562. The van der Waals surface area contributed by atoms with E-state index >= 15 is 0 Å². The van der Waals surface area contributed by atoms with Gasteiger partial charge in [0, 0.05) is 32.7 Å². The van der Waals surface area contributed by atoms with Crippen molar-refractivity contribution in [1.29, 1.82) is 0 Å². The Balaban J connectivity index is 2.66. The summed E-state index contributed by atoms with van der Waals surface area (Å²) in [5.74, 6) is -0.0146. The summed E-state index contributed by atoms with van der Waals surface area (Å²) < 4.78 is 0. The summed E-state index contributed by atoms with van der Waals surface area (Å²) in [5.41, 5.74) is 8.12. The largest absolute Gasteiger partial charge is 0.397 e. The number of hydrogen-bond donors (Lipinski definition) is 2. The molecule has 0 spiro atoms. The highest BCUT2D eigenvalue weighted by molar-refractivity contribution is 5.95. The second-order valence-electron chi connectivity index (χ2n) is 5.36. The lowest BCUT2D eigenvalue weighted by Gasteiger charge is -2.20. The van der Waals surface area contributed by atoms with Gasteiger partial charge in [-0.1, -0.05) is 13.8 Å². The van der Waals surface area contributed by atoms with E-state index in [-0.39, 0.29) is 5.91 Å². The number of anilines is 2. The molecule has 5 heteroatoms. The minimum absolute atomic E-state index is 0.0146. The Hall–Kier alpha value is -1.75. The van der Waals surface area contributed by atoms with Crippen molar-refractivity contribution in [2.75, 3.05) is 51.3 Å². The Bertz CT molecular complexity index is 460. The van der Waals surface area contributed by atoms with E-state index in [1.165, 1.54) is 0 Å². The van der Waals surface area contributed by atoms with Crippen LogP contribution >= 0.6 is 0 Å². The standard InChI is InChI=1S/C16H28N4O/c1-5-10-20(6-2)11-9-18-15-12-13(7-8-14(15)17)16(21)19(3)4/h7-8,12,18H,5-6,9-11,17H2,1-4H3. The normalized spacial score (nSPS) is 10.7. The molecule has 0 aliphatic carbocycles. The number of nitrogen functional groups attached to an aromatic ring is 1. The predicted molar refractivity (Wildman–Crippen MR) is 89.8 cm³/mol. The number of benzene rings is 1. The molecule has 0 radical (unpaired) electrons. The van der Waals surface area contributed by atoms with E-state index in [1.54, 1.807) is 31.1 Å². The Kier molecular flexibility index (Phi) is 7.02. The molecule has 0 aliphatic rings. The van der Waals surface area contributed by atoms with E-state index in [9.17, 15) is 4.79 Å². The molecule has 0 bridgehead atoms. The van der Waals surface area contributed by atoms with E-state index in [1.807, 2.05) is 6.07 Å². The average molecular weight is 292 g/mol. The third-order valence-corrected chi connectivity index (χ3v) is 3.44. The summed E-state index contributed by atoms with van der Waals surface area (Å²) in [4.78, 5) is 15.9. The van der Waals surface area contributed by atoms with Crippen LogP contribution in [0.15, 0.2) is 18.2 Å². The van der Waals surface area contributed by atoms with Crippen molar-refractivity contribution in [1.82, 2.24) is 9.80 Å². The molecule has 0 saturated heterocycles. The first-order valence-electron chi connectivity index (χ1n) is 7.57. The maximum atomic E-state index is 12.0. The molecule has 1 rings (SSSR count). The Labute approximate surface area is 128 Å². The topological polar surface area (TPSA) is 61.6 Å². The van der Waals surface area contributed by atoms with Gasteiger partial charge in [-0.15, -0.1) is 0 Å². The van der Waals surface area contributed by atoms with Crippen molar-refractivity contribution in [3.63, 3.8) is 0 Å². The van der Waals surface area contributed by atoms with Gasteiger partial charge in [0.25, 0.3) is 5.91 Å². The fourth-order valence-electron chi connectivity index (χ4n) is 2.19. The first kappa shape index (κ1) is 17.3. The summed E-state index contributed by atoms with van der Waals surface area (Å²) >= 11 is 0. The zero-order chi connectivity index (χ0) is 15.8. The second kappa shape index (κ2) is 8.52. The average Bonchev–Trinajstić information content (AvgIpc) is 2.47. The molecule has 118 valence electrons. The number of carbonyl (C=O) groups excluding carboxylic acids is 1. The number of carbonyl (C=O) groups is 1. The summed E-state index contributed by atoms with van der Waals surface area (Å²) in [6, 6.07) is 5.37. The van der Waals surface area contributed by atoms with Crippen molar-refractivity contribution in [2.45, 2.75) is 20.3 Å². The second-order valence-corrected chi connectivity index (χ2v) is 5.36. The highest BCUT2D eigenvalue weighted by Crippen LogP contribution is 2.20. The molecule has 0 aromatic heterocycles. The van der Waals surface area contributed by atoms with Crippen molar-refractivity contribution in [3.05, 3.63) is 23.8 Å². The van der Waals surface area contributed by atoms with E-state index in [4.69, 9.17) is 5.73 Å². The summed E-state index contributed by atoms with van der Waals surface area (Å²) in [6.07, 6.45) is 1.16. The van der Waals surface area contributed by atoms with Crippen molar-refractivity contribution < 1.29 is 4.79 Å². The van der Waals surface area contributed by atoms with Crippen LogP contribution in [0, 0.1) is 0 Å². The molecule has 0 atom stereocenters. The van der Waals surface area contributed by atoms with Crippen molar-refractivity contribution in [2.24, 2.45) is 0 Å². The van der Waals surface area contributed by atoms with Gasteiger partial charge in [-0.05, 0) is 37.7 Å². The van der Waals surface area contributed by atoms with Gasteiger partial charge in [0.2, 0.25) is 0 Å². The lowest BCUT2D eigenvalue weighted by atomic mass is 10.1. The maximum Gasteiger partial charge on any atom is 0.253 e. The summed E-state index contributed by atoms with van der Waals surface area (Å²) in [5, 5.41) is 3.33. The Morgan fingerprint density at radius 2 is 1.95 bits per heavy atom. The first-order chi connectivity index (χ1) is 9.99. The van der Waals surface area contributed by atoms with Gasteiger partial charge < -0.3 is 20.9 Å². The number of nitrogens with two attached hydrogens (primary N) is 1. The smallest absolute Gasteiger partial charge is 0.253 e. The zero-order valence-corrected chi connectivity index (χ0v) is 13.6. The molecule has 0 fully saturated rings. The third kappa shape index (κ3) is 5.27. The Morgan fingerprint density at radius 3 is 2.52 bits per heavy atom. The molecule has 5 nitrogen and oxygen atoms in total. The highest BCUT2D eigenvalue weighted by Gasteiger charge is 2.10. The molecule has 0 heterocycles. The van der Waals surface area contributed by atoms with Gasteiger partial charge in [-0.2, -0.15) is 0 Å². The van der Waals surface area contributed by atoms with E-state index in [2.05, 4.69) is 24.1 Å². The summed E-state index contributed by atoms with van der Waals surface area (Å²) in [6.45, 7) is 8.29. The maximum absolute atomic E-state index is 12.0. The van der Waals surface area contributed by atoms with Gasteiger partial charge in [0.15, 0.2) is 0 Å². The molecule has 21 heavy (non-hydrogen) atoms. The molecule has 1 aromatic carbocycles. The quantitative estimate of drug-likeness (QED) is 0.720. The highest BCUT2D eigenvalue weighted by atomic mass is 16.2. The molecule has 3 N–H and O–H groups in total. The van der Waals surface area contributed by atoms with Crippen molar-refractivity contribution >= 4 is 17.3 Å². The van der Waals surface area contributed by atoms with E-state index in [0.717, 1.165) is 38.3 Å². The Morgan fingerprint density at radius 1 is 1.24 bits per heavy atom. The van der Waals surface area contributed by atoms with Gasteiger partial charge in [-0.25, -0.2) is 0 Å². The van der Waals surface area contributed by atoms with Gasteiger partial charge in [0.1, 0.15) is 0 Å². The van der Waals surface area contributed by atoms with Crippen LogP contribution in [0.4, 0.5) is 11.4 Å². The molecular formula is C16H28N4O. The van der Waals surface area contributed by atoms with E-state index < -0.39 is 0 Å². The molecule has 1 aromatic rings. The number of likely N-dealkylation sites (N-methyl/N-ethyl adjacent to an activating group) is 1. The van der Waals surface area contributed by atoms with Gasteiger partial charge in [0.05, 0.1) is 11.4 Å². The lowest BCUT2D eigenvalue weighted by molar-refractivity contribution is 0.0827. The SMILES string of the molecule is CCCN(CC)CCNc1cc(C(=O)N(C)C)ccc1N. The molecule has 0 saturated carbocycles. The van der Waals surface area contributed by atoms with Crippen LogP contribution in [0.1, 0.15) is 30.6 Å². The molecule has 1 amide bonds.